The standard InChI is InChI=1S/C9H7BrClFO2/c10-4-6-2-8(12)7(11)1-5(6)3-9(13)14/h1-2H,3-4H2,(H,13,14). The van der Waals surface area contributed by atoms with Gasteiger partial charge < -0.3 is 5.11 Å². The van der Waals surface area contributed by atoms with E-state index >= 15 is 0 Å². The predicted octanol–water partition coefficient (Wildman–Crippen LogP) is 3.00. The van der Waals surface area contributed by atoms with E-state index in [0.29, 0.717) is 16.5 Å². The number of carboxylic acids is 1. The monoisotopic (exact) mass is 280 g/mol. The minimum absolute atomic E-state index is 0.0500. The van der Waals surface area contributed by atoms with Crippen LogP contribution < -0.4 is 0 Å². The van der Waals surface area contributed by atoms with Crippen LogP contribution in [0.25, 0.3) is 0 Å². The molecule has 2 nitrogen and oxygen atoms in total. The maximum atomic E-state index is 13.0. The molecule has 1 N–H and O–H groups in total. The first-order chi connectivity index (χ1) is 6.54. The maximum absolute atomic E-state index is 13.0. The molecule has 0 aliphatic rings. The van der Waals surface area contributed by atoms with E-state index in [4.69, 9.17) is 16.7 Å². The molecule has 5 heteroatoms. The maximum Gasteiger partial charge on any atom is 0.307 e. The highest BCUT2D eigenvalue weighted by atomic mass is 79.9. The van der Waals surface area contributed by atoms with Gasteiger partial charge in [-0.2, -0.15) is 0 Å². The molecule has 0 saturated heterocycles. The lowest BCUT2D eigenvalue weighted by molar-refractivity contribution is -0.136. The number of hydrogen-bond donors (Lipinski definition) is 1. The van der Waals surface area contributed by atoms with Crippen molar-refractivity contribution in [3.8, 4) is 0 Å². The van der Waals surface area contributed by atoms with Gasteiger partial charge >= 0.3 is 5.97 Å². The molecule has 0 aliphatic carbocycles. The SMILES string of the molecule is O=C(O)Cc1cc(Cl)c(F)cc1CBr. The van der Waals surface area contributed by atoms with Gasteiger partial charge in [-0.25, -0.2) is 4.39 Å². The van der Waals surface area contributed by atoms with Crippen molar-refractivity contribution in [2.75, 3.05) is 0 Å². The molecule has 0 saturated carbocycles. The summed E-state index contributed by atoms with van der Waals surface area (Å²) in [4.78, 5) is 10.5. The fourth-order valence-corrected chi connectivity index (χ4v) is 1.79. The number of aliphatic carboxylic acids is 1. The Morgan fingerprint density at radius 2 is 2.14 bits per heavy atom. The molecule has 0 aliphatic heterocycles. The van der Waals surface area contributed by atoms with Gasteiger partial charge in [0.05, 0.1) is 11.4 Å². The Kier molecular flexibility index (Phi) is 3.89. The third kappa shape index (κ3) is 2.69. The van der Waals surface area contributed by atoms with Crippen molar-refractivity contribution in [3.63, 3.8) is 0 Å². The smallest absolute Gasteiger partial charge is 0.307 e. The molecule has 1 aromatic rings. The first-order valence-electron chi connectivity index (χ1n) is 3.79. The lowest BCUT2D eigenvalue weighted by atomic mass is 10.1. The number of rotatable bonds is 3. The van der Waals surface area contributed by atoms with Gasteiger partial charge in [0, 0.05) is 5.33 Å². The summed E-state index contributed by atoms with van der Waals surface area (Å²) < 4.78 is 13.0. The van der Waals surface area contributed by atoms with Gasteiger partial charge in [-0.15, -0.1) is 0 Å². The van der Waals surface area contributed by atoms with Gasteiger partial charge in [0.15, 0.2) is 0 Å². The summed E-state index contributed by atoms with van der Waals surface area (Å²) in [5, 5.41) is 8.95. The van der Waals surface area contributed by atoms with Gasteiger partial charge in [0.1, 0.15) is 5.82 Å². The number of benzene rings is 1. The number of alkyl halides is 1. The van der Waals surface area contributed by atoms with E-state index in [0.717, 1.165) is 0 Å². The molecule has 0 unspecified atom stereocenters. The van der Waals surface area contributed by atoms with Crippen LogP contribution in [0.1, 0.15) is 11.1 Å². The molecule has 0 bridgehead atoms. The summed E-state index contributed by atoms with van der Waals surface area (Å²) in [6.07, 6.45) is -0.152. The summed E-state index contributed by atoms with van der Waals surface area (Å²) >= 11 is 8.70. The number of hydrogen-bond acceptors (Lipinski definition) is 1. The molecular formula is C9H7BrClFO2. The molecule has 1 aromatic carbocycles. The Hall–Kier alpha value is -0.610. The van der Waals surface area contributed by atoms with E-state index < -0.39 is 11.8 Å². The van der Waals surface area contributed by atoms with Crippen molar-refractivity contribution in [2.45, 2.75) is 11.8 Å². The zero-order valence-electron chi connectivity index (χ0n) is 7.06. The van der Waals surface area contributed by atoms with Gasteiger partial charge in [0.2, 0.25) is 0 Å². The number of halogens is 3. The van der Waals surface area contributed by atoms with E-state index in [1.807, 2.05) is 0 Å². The molecular weight excluding hydrogens is 274 g/mol. The third-order valence-electron chi connectivity index (χ3n) is 1.73. The first-order valence-corrected chi connectivity index (χ1v) is 5.29. The van der Waals surface area contributed by atoms with Crippen LogP contribution in [0.2, 0.25) is 5.02 Å². The molecule has 76 valence electrons. The predicted molar refractivity (Wildman–Crippen MR) is 55.4 cm³/mol. The van der Waals surface area contributed by atoms with E-state index in [1.54, 1.807) is 0 Å². The second-order valence-electron chi connectivity index (χ2n) is 2.74. The van der Waals surface area contributed by atoms with Crippen LogP contribution in [0.4, 0.5) is 4.39 Å². The van der Waals surface area contributed by atoms with Gasteiger partial charge in [-0.3, -0.25) is 4.79 Å². The quantitative estimate of drug-likeness (QED) is 0.865. The van der Waals surface area contributed by atoms with E-state index in [2.05, 4.69) is 15.9 Å². The Bertz CT molecular complexity index is 368. The summed E-state index contributed by atoms with van der Waals surface area (Å²) in [5.41, 5.74) is 1.13. The van der Waals surface area contributed by atoms with Crippen molar-refractivity contribution in [2.24, 2.45) is 0 Å². The molecule has 0 heterocycles. The van der Waals surface area contributed by atoms with Crippen molar-refractivity contribution >= 4 is 33.5 Å². The summed E-state index contributed by atoms with van der Waals surface area (Å²) in [7, 11) is 0. The lowest BCUT2D eigenvalue weighted by Gasteiger charge is -2.06. The normalized spacial score (nSPS) is 10.2. The third-order valence-corrected chi connectivity index (χ3v) is 2.62. The highest BCUT2D eigenvalue weighted by Gasteiger charge is 2.10. The molecule has 0 atom stereocenters. The summed E-state index contributed by atoms with van der Waals surface area (Å²) in [6, 6.07) is 2.59. The van der Waals surface area contributed by atoms with Gasteiger partial charge in [-0.05, 0) is 23.3 Å². The van der Waals surface area contributed by atoms with Crippen LogP contribution in [0, 0.1) is 5.82 Å². The fourth-order valence-electron chi connectivity index (χ4n) is 1.08. The second kappa shape index (κ2) is 4.75. The summed E-state index contributed by atoms with van der Waals surface area (Å²) in [6.45, 7) is 0. The van der Waals surface area contributed by atoms with Crippen LogP contribution >= 0.6 is 27.5 Å². The zero-order valence-corrected chi connectivity index (χ0v) is 9.40. The average Bonchev–Trinajstić information content (AvgIpc) is 2.10. The van der Waals surface area contributed by atoms with Crippen LogP contribution in [0.5, 0.6) is 0 Å². The second-order valence-corrected chi connectivity index (χ2v) is 3.71. The highest BCUT2D eigenvalue weighted by Crippen LogP contribution is 2.22. The van der Waals surface area contributed by atoms with E-state index in [-0.39, 0.29) is 11.4 Å². The molecule has 1 rings (SSSR count). The van der Waals surface area contributed by atoms with Crippen LogP contribution in [0.3, 0.4) is 0 Å². The Morgan fingerprint density at radius 3 is 2.64 bits per heavy atom. The Morgan fingerprint density at radius 1 is 1.50 bits per heavy atom. The largest absolute Gasteiger partial charge is 0.481 e. The van der Waals surface area contributed by atoms with Crippen molar-refractivity contribution in [3.05, 3.63) is 34.1 Å². The minimum atomic E-state index is -0.963. The van der Waals surface area contributed by atoms with Crippen molar-refractivity contribution in [1.29, 1.82) is 0 Å². The van der Waals surface area contributed by atoms with Crippen molar-refractivity contribution < 1.29 is 14.3 Å². The lowest BCUT2D eigenvalue weighted by Crippen LogP contribution is -2.03. The molecule has 14 heavy (non-hydrogen) atoms. The van der Waals surface area contributed by atoms with E-state index in [1.165, 1.54) is 12.1 Å². The van der Waals surface area contributed by atoms with Crippen LogP contribution in [0.15, 0.2) is 12.1 Å². The molecule has 0 amide bonds. The molecule has 0 fully saturated rings. The highest BCUT2D eigenvalue weighted by molar-refractivity contribution is 9.08. The van der Waals surface area contributed by atoms with Crippen LogP contribution in [-0.2, 0) is 16.5 Å². The average molecular weight is 282 g/mol. The molecule has 0 radical (unpaired) electrons. The van der Waals surface area contributed by atoms with Gasteiger partial charge in [0.25, 0.3) is 0 Å². The van der Waals surface area contributed by atoms with Crippen LogP contribution in [-0.4, -0.2) is 11.1 Å². The topological polar surface area (TPSA) is 37.3 Å². The van der Waals surface area contributed by atoms with Crippen molar-refractivity contribution in [1.82, 2.24) is 0 Å². The Balaban J connectivity index is 3.13. The Labute approximate surface area is 93.8 Å². The molecule has 0 aromatic heterocycles. The fraction of sp³-hybridized carbons (Fsp3) is 0.222. The molecule has 0 spiro atoms. The minimum Gasteiger partial charge on any atom is -0.481 e. The van der Waals surface area contributed by atoms with Gasteiger partial charge in [-0.1, -0.05) is 27.5 Å². The summed E-state index contributed by atoms with van der Waals surface area (Å²) in [5.74, 6) is -1.50. The first kappa shape index (κ1) is 11.5. The number of carboxylic acid groups (broad SMARTS) is 1. The van der Waals surface area contributed by atoms with E-state index in [9.17, 15) is 9.18 Å². The zero-order chi connectivity index (χ0) is 10.7. The number of carbonyl (C=O) groups is 1.